The Morgan fingerprint density at radius 2 is 2.05 bits per heavy atom. The number of ether oxygens (including phenoxy) is 2. The van der Waals surface area contributed by atoms with Gasteiger partial charge in [-0.2, -0.15) is 8.78 Å². The van der Waals surface area contributed by atoms with E-state index in [1.54, 1.807) is 12.1 Å². The van der Waals surface area contributed by atoms with Crippen molar-refractivity contribution < 1.29 is 18.3 Å². The Kier molecular flexibility index (Phi) is 4.51. The number of hydrogen-bond donors (Lipinski definition) is 1. The molecule has 20 heavy (non-hydrogen) atoms. The van der Waals surface area contributed by atoms with Gasteiger partial charge >= 0.3 is 6.61 Å². The molecule has 2 aromatic rings. The SMILES string of the molecule is COc1ccc(C(N)c2nc(C)cs2)cc1OC(F)F. The first kappa shape index (κ1) is 14.7. The van der Waals surface area contributed by atoms with E-state index >= 15 is 0 Å². The fraction of sp³-hybridized carbons (Fsp3) is 0.308. The molecule has 1 heterocycles. The third kappa shape index (κ3) is 3.23. The predicted molar refractivity (Wildman–Crippen MR) is 72.5 cm³/mol. The Balaban J connectivity index is 2.32. The number of aryl methyl sites for hydroxylation is 1. The van der Waals surface area contributed by atoms with E-state index in [9.17, 15) is 8.78 Å². The Morgan fingerprint density at radius 3 is 2.60 bits per heavy atom. The van der Waals surface area contributed by atoms with Crippen molar-refractivity contribution in [2.24, 2.45) is 5.73 Å². The van der Waals surface area contributed by atoms with Crippen molar-refractivity contribution in [3.63, 3.8) is 0 Å². The molecule has 7 heteroatoms. The molecule has 0 radical (unpaired) electrons. The van der Waals surface area contributed by atoms with E-state index in [2.05, 4.69) is 9.72 Å². The zero-order valence-electron chi connectivity index (χ0n) is 11.0. The fourth-order valence-corrected chi connectivity index (χ4v) is 2.56. The maximum atomic E-state index is 12.4. The number of nitrogens with two attached hydrogens (primary N) is 1. The lowest BCUT2D eigenvalue weighted by Gasteiger charge is -2.14. The summed E-state index contributed by atoms with van der Waals surface area (Å²) in [7, 11) is 1.39. The van der Waals surface area contributed by atoms with Gasteiger partial charge in [0.1, 0.15) is 5.01 Å². The van der Waals surface area contributed by atoms with Crippen molar-refractivity contribution in [2.45, 2.75) is 19.6 Å². The van der Waals surface area contributed by atoms with Gasteiger partial charge in [0, 0.05) is 11.1 Å². The Labute approximate surface area is 119 Å². The molecule has 0 amide bonds. The molecule has 0 aliphatic rings. The summed E-state index contributed by atoms with van der Waals surface area (Å²) in [4.78, 5) is 4.29. The minimum atomic E-state index is -2.92. The lowest BCUT2D eigenvalue weighted by molar-refractivity contribution is -0.0512. The molecule has 1 unspecified atom stereocenters. The minimum Gasteiger partial charge on any atom is -0.493 e. The minimum absolute atomic E-state index is 0.0382. The molecule has 1 aromatic heterocycles. The fourth-order valence-electron chi connectivity index (χ4n) is 1.73. The summed E-state index contributed by atoms with van der Waals surface area (Å²) in [5.41, 5.74) is 7.59. The van der Waals surface area contributed by atoms with Gasteiger partial charge in [0.15, 0.2) is 11.5 Å². The quantitative estimate of drug-likeness (QED) is 0.922. The van der Waals surface area contributed by atoms with Crippen LogP contribution in [0.15, 0.2) is 23.6 Å². The second-order valence-electron chi connectivity index (χ2n) is 4.09. The molecule has 1 aromatic carbocycles. The number of aromatic nitrogens is 1. The normalized spacial score (nSPS) is 12.5. The van der Waals surface area contributed by atoms with Crippen molar-refractivity contribution in [1.29, 1.82) is 0 Å². The molecule has 0 saturated heterocycles. The van der Waals surface area contributed by atoms with Crippen LogP contribution in [0.1, 0.15) is 22.3 Å². The molecular formula is C13H14F2N2O2S. The summed E-state index contributed by atoms with van der Waals surface area (Å²) in [5, 5.41) is 2.60. The number of hydrogen-bond acceptors (Lipinski definition) is 5. The first-order chi connectivity index (χ1) is 9.51. The van der Waals surface area contributed by atoms with Crippen LogP contribution in [-0.2, 0) is 0 Å². The molecule has 108 valence electrons. The largest absolute Gasteiger partial charge is 0.493 e. The van der Waals surface area contributed by atoms with Gasteiger partial charge in [-0.15, -0.1) is 11.3 Å². The monoisotopic (exact) mass is 300 g/mol. The molecule has 2 rings (SSSR count). The van der Waals surface area contributed by atoms with E-state index in [4.69, 9.17) is 10.5 Å². The highest BCUT2D eigenvalue weighted by Gasteiger charge is 2.17. The molecule has 0 aliphatic heterocycles. The summed E-state index contributed by atoms with van der Waals surface area (Å²) in [6, 6.07) is 4.22. The number of methoxy groups -OCH3 is 1. The molecule has 0 saturated carbocycles. The van der Waals surface area contributed by atoms with Gasteiger partial charge in [-0.3, -0.25) is 0 Å². The van der Waals surface area contributed by atoms with Crippen molar-refractivity contribution in [3.8, 4) is 11.5 Å². The predicted octanol–water partition coefficient (Wildman–Crippen LogP) is 3.11. The van der Waals surface area contributed by atoms with E-state index < -0.39 is 12.7 Å². The highest BCUT2D eigenvalue weighted by Crippen LogP contribution is 2.33. The van der Waals surface area contributed by atoms with Crippen LogP contribution in [0.3, 0.4) is 0 Å². The lowest BCUT2D eigenvalue weighted by atomic mass is 10.1. The van der Waals surface area contributed by atoms with Crippen molar-refractivity contribution in [3.05, 3.63) is 39.8 Å². The highest BCUT2D eigenvalue weighted by atomic mass is 32.1. The summed E-state index contributed by atoms with van der Waals surface area (Å²) in [6.45, 7) is -1.05. The van der Waals surface area contributed by atoms with Crippen LogP contribution < -0.4 is 15.2 Å². The average Bonchev–Trinajstić information content (AvgIpc) is 2.84. The number of benzene rings is 1. The zero-order chi connectivity index (χ0) is 14.7. The second-order valence-corrected chi connectivity index (χ2v) is 4.98. The van der Waals surface area contributed by atoms with Gasteiger partial charge in [-0.25, -0.2) is 4.98 Å². The van der Waals surface area contributed by atoms with Gasteiger partial charge in [0.05, 0.1) is 13.2 Å². The van der Waals surface area contributed by atoms with Crippen molar-refractivity contribution in [1.82, 2.24) is 4.98 Å². The third-order valence-electron chi connectivity index (χ3n) is 2.67. The summed E-state index contributed by atoms with van der Waals surface area (Å²) in [6.07, 6.45) is 0. The number of nitrogens with zero attached hydrogens (tertiary/aromatic N) is 1. The zero-order valence-corrected chi connectivity index (χ0v) is 11.8. The topological polar surface area (TPSA) is 57.4 Å². The van der Waals surface area contributed by atoms with Gasteiger partial charge in [-0.05, 0) is 24.6 Å². The number of rotatable bonds is 5. The Hall–Kier alpha value is -1.73. The number of alkyl halides is 2. The molecular weight excluding hydrogens is 286 g/mol. The van der Waals surface area contributed by atoms with Crippen LogP contribution in [0.4, 0.5) is 8.78 Å². The number of thiazole rings is 1. The van der Waals surface area contributed by atoms with E-state index in [1.165, 1.54) is 24.5 Å². The van der Waals surface area contributed by atoms with Gasteiger partial charge in [-0.1, -0.05) is 6.07 Å². The van der Waals surface area contributed by atoms with Crippen molar-refractivity contribution in [2.75, 3.05) is 7.11 Å². The van der Waals surface area contributed by atoms with Gasteiger partial charge in [0.2, 0.25) is 0 Å². The van der Waals surface area contributed by atoms with Crippen molar-refractivity contribution >= 4 is 11.3 Å². The standard InChI is InChI=1S/C13H14F2N2O2S/c1-7-6-20-12(17-7)11(16)8-3-4-9(18-2)10(5-8)19-13(14)15/h3-6,11,13H,16H2,1-2H3. The van der Waals surface area contributed by atoms with E-state index in [1.807, 2.05) is 12.3 Å². The molecule has 1 atom stereocenters. The molecule has 0 aliphatic carbocycles. The maximum absolute atomic E-state index is 12.4. The van der Waals surface area contributed by atoms with Crippen LogP contribution >= 0.6 is 11.3 Å². The Morgan fingerprint density at radius 1 is 1.30 bits per heavy atom. The maximum Gasteiger partial charge on any atom is 0.387 e. The van der Waals surface area contributed by atoms with Gasteiger partial charge in [0.25, 0.3) is 0 Å². The molecule has 0 bridgehead atoms. The Bertz CT molecular complexity index is 590. The van der Waals surface area contributed by atoms with Crippen LogP contribution in [0.2, 0.25) is 0 Å². The third-order valence-corrected chi connectivity index (χ3v) is 3.71. The second kappa shape index (κ2) is 6.15. The van der Waals surface area contributed by atoms with E-state index in [-0.39, 0.29) is 11.5 Å². The first-order valence-electron chi connectivity index (χ1n) is 5.81. The summed E-state index contributed by atoms with van der Waals surface area (Å²) >= 11 is 1.43. The van der Waals surface area contributed by atoms with Crippen LogP contribution in [0.5, 0.6) is 11.5 Å². The van der Waals surface area contributed by atoms with Crippen LogP contribution in [-0.4, -0.2) is 18.7 Å². The molecule has 4 nitrogen and oxygen atoms in total. The lowest BCUT2D eigenvalue weighted by Crippen LogP contribution is -2.12. The summed E-state index contributed by atoms with van der Waals surface area (Å²) < 4.78 is 34.2. The average molecular weight is 300 g/mol. The van der Waals surface area contributed by atoms with E-state index in [0.717, 1.165) is 10.7 Å². The summed E-state index contributed by atoms with van der Waals surface area (Å²) in [5.74, 6) is 0.195. The molecule has 0 spiro atoms. The van der Waals surface area contributed by atoms with Crippen LogP contribution in [0.25, 0.3) is 0 Å². The smallest absolute Gasteiger partial charge is 0.387 e. The molecule has 0 fully saturated rings. The van der Waals surface area contributed by atoms with E-state index in [0.29, 0.717) is 5.56 Å². The van der Waals surface area contributed by atoms with Crippen LogP contribution in [0, 0.1) is 6.92 Å². The molecule has 2 N–H and O–H groups in total. The highest BCUT2D eigenvalue weighted by molar-refractivity contribution is 7.09. The first-order valence-corrected chi connectivity index (χ1v) is 6.69. The number of halogens is 2. The van der Waals surface area contributed by atoms with Gasteiger partial charge < -0.3 is 15.2 Å².